The SMILES string of the molecule is C=CCN(Cc1ccccc1)C(=CC)C(=C)OC. The minimum Gasteiger partial charge on any atom is -0.495 e. The third-order valence-electron chi connectivity index (χ3n) is 2.71. The Hall–Kier alpha value is -1.96. The van der Waals surface area contributed by atoms with E-state index in [1.54, 1.807) is 7.11 Å². The first-order valence-electron chi connectivity index (χ1n) is 6.02. The van der Waals surface area contributed by atoms with E-state index in [9.17, 15) is 0 Å². The number of allylic oxidation sites excluding steroid dienone is 1. The molecule has 0 atom stereocenters. The number of benzene rings is 1. The van der Waals surface area contributed by atoms with Gasteiger partial charge < -0.3 is 9.64 Å². The number of hydrogen-bond donors (Lipinski definition) is 0. The molecule has 0 N–H and O–H groups in total. The van der Waals surface area contributed by atoms with E-state index < -0.39 is 0 Å². The molecule has 0 aliphatic rings. The number of methoxy groups -OCH3 is 1. The minimum absolute atomic E-state index is 0.676. The molecule has 0 saturated carbocycles. The summed E-state index contributed by atoms with van der Waals surface area (Å²) in [6.45, 7) is 11.3. The molecule has 0 radical (unpaired) electrons. The molecule has 0 heterocycles. The smallest absolute Gasteiger partial charge is 0.134 e. The van der Waals surface area contributed by atoms with Crippen molar-refractivity contribution in [1.82, 2.24) is 4.90 Å². The molecule has 96 valence electrons. The Bertz CT molecular complexity index is 420. The van der Waals surface area contributed by atoms with Gasteiger partial charge in [-0.05, 0) is 12.5 Å². The van der Waals surface area contributed by atoms with Gasteiger partial charge in [-0.3, -0.25) is 0 Å². The number of ether oxygens (including phenoxy) is 1. The first-order chi connectivity index (χ1) is 8.72. The normalized spacial score (nSPS) is 10.9. The van der Waals surface area contributed by atoms with E-state index in [-0.39, 0.29) is 0 Å². The van der Waals surface area contributed by atoms with Crippen LogP contribution in [0.3, 0.4) is 0 Å². The molecule has 1 aromatic rings. The largest absolute Gasteiger partial charge is 0.495 e. The fourth-order valence-corrected chi connectivity index (χ4v) is 1.83. The highest BCUT2D eigenvalue weighted by molar-refractivity contribution is 5.24. The average molecular weight is 243 g/mol. The Balaban J connectivity index is 2.88. The van der Waals surface area contributed by atoms with Crippen LogP contribution in [0.15, 0.2) is 67.1 Å². The maximum Gasteiger partial charge on any atom is 0.134 e. The van der Waals surface area contributed by atoms with E-state index in [4.69, 9.17) is 4.74 Å². The summed E-state index contributed by atoms with van der Waals surface area (Å²) in [6.07, 6.45) is 3.90. The van der Waals surface area contributed by atoms with Crippen molar-refractivity contribution in [3.63, 3.8) is 0 Å². The summed E-state index contributed by atoms with van der Waals surface area (Å²) < 4.78 is 5.23. The molecule has 2 nitrogen and oxygen atoms in total. The molecule has 0 aromatic heterocycles. The number of rotatable bonds is 7. The van der Waals surface area contributed by atoms with E-state index in [0.29, 0.717) is 5.76 Å². The molecule has 0 unspecified atom stereocenters. The molecule has 0 amide bonds. The molecule has 0 saturated heterocycles. The van der Waals surface area contributed by atoms with Gasteiger partial charge in [-0.15, -0.1) is 6.58 Å². The first-order valence-corrected chi connectivity index (χ1v) is 6.02. The second-order valence-electron chi connectivity index (χ2n) is 3.96. The standard InChI is InChI=1S/C16H21NO/c1-5-12-17(16(6-2)14(3)18-4)13-15-10-8-7-9-11-15/h5-11H,1,3,12-13H2,2,4H3. The molecule has 18 heavy (non-hydrogen) atoms. The maximum absolute atomic E-state index is 5.23. The highest BCUT2D eigenvalue weighted by Gasteiger charge is 2.11. The molecule has 0 spiro atoms. The Labute approximate surface area is 110 Å². The van der Waals surface area contributed by atoms with E-state index in [2.05, 4.69) is 30.2 Å². The topological polar surface area (TPSA) is 12.5 Å². The monoisotopic (exact) mass is 243 g/mol. The third-order valence-corrected chi connectivity index (χ3v) is 2.71. The summed E-state index contributed by atoms with van der Waals surface area (Å²) in [4.78, 5) is 2.19. The average Bonchev–Trinajstić information content (AvgIpc) is 2.40. The van der Waals surface area contributed by atoms with Gasteiger partial charge in [0.2, 0.25) is 0 Å². The highest BCUT2D eigenvalue weighted by atomic mass is 16.5. The number of nitrogens with zero attached hydrogens (tertiary/aromatic N) is 1. The van der Waals surface area contributed by atoms with Gasteiger partial charge in [-0.25, -0.2) is 0 Å². The summed E-state index contributed by atoms with van der Waals surface area (Å²) >= 11 is 0. The second-order valence-corrected chi connectivity index (χ2v) is 3.96. The Morgan fingerprint density at radius 2 is 2.00 bits per heavy atom. The zero-order chi connectivity index (χ0) is 13.4. The van der Waals surface area contributed by atoms with Gasteiger partial charge in [0.25, 0.3) is 0 Å². The molecule has 2 heteroatoms. The van der Waals surface area contributed by atoms with Crippen molar-refractivity contribution in [3.8, 4) is 0 Å². The van der Waals surface area contributed by atoms with E-state index in [0.717, 1.165) is 18.8 Å². The highest BCUT2D eigenvalue weighted by Crippen LogP contribution is 2.17. The Morgan fingerprint density at radius 1 is 1.33 bits per heavy atom. The summed E-state index contributed by atoms with van der Waals surface area (Å²) in [5, 5.41) is 0. The van der Waals surface area contributed by atoms with Crippen LogP contribution in [0, 0.1) is 0 Å². The third kappa shape index (κ3) is 3.81. The van der Waals surface area contributed by atoms with Crippen LogP contribution < -0.4 is 0 Å². The van der Waals surface area contributed by atoms with Gasteiger partial charge in [-0.2, -0.15) is 0 Å². The van der Waals surface area contributed by atoms with Crippen LogP contribution in [-0.4, -0.2) is 18.6 Å². The fraction of sp³-hybridized carbons (Fsp3) is 0.250. The summed E-state index contributed by atoms with van der Waals surface area (Å²) in [5.74, 6) is 0.676. The van der Waals surface area contributed by atoms with Crippen molar-refractivity contribution in [2.75, 3.05) is 13.7 Å². The first kappa shape index (κ1) is 14.1. The molecule has 0 bridgehead atoms. The van der Waals surface area contributed by atoms with E-state index in [1.165, 1.54) is 5.56 Å². The molecule has 0 fully saturated rings. The van der Waals surface area contributed by atoms with E-state index in [1.807, 2.05) is 37.3 Å². The van der Waals surface area contributed by atoms with Crippen LogP contribution in [-0.2, 0) is 11.3 Å². The molecular weight excluding hydrogens is 222 g/mol. The van der Waals surface area contributed by atoms with Gasteiger partial charge >= 0.3 is 0 Å². The fourth-order valence-electron chi connectivity index (χ4n) is 1.83. The molecule has 1 rings (SSSR count). The van der Waals surface area contributed by atoms with Crippen molar-refractivity contribution in [2.45, 2.75) is 13.5 Å². The predicted octanol–water partition coefficient (Wildman–Crippen LogP) is 3.74. The van der Waals surface area contributed by atoms with Gasteiger partial charge in [0, 0.05) is 13.1 Å². The summed E-state index contributed by atoms with van der Waals surface area (Å²) in [7, 11) is 1.64. The molecular formula is C16H21NO. The van der Waals surface area contributed by atoms with Crippen LogP contribution in [0.4, 0.5) is 0 Å². The van der Waals surface area contributed by atoms with Crippen molar-refractivity contribution in [2.24, 2.45) is 0 Å². The van der Waals surface area contributed by atoms with Crippen molar-refractivity contribution >= 4 is 0 Å². The molecule has 0 aliphatic heterocycles. The van der Waals surface area contributed by atoms with Gasteiger partial charge in [0.1, 0.15) is 5.76 Å². The lowest BCUT2D eigenvalue weighted by molar-refractivity contribution is 0.261. The van der Waals surface area contributed by atoms with E-state index >= 15 is 0 Å². The zero-order valence-corrected chi connectivity index (χ0v) is 11.2. The maximum atomic E-state index is 5.23. The van der Waals surface area contributed by atoms with Crippen molar-refractivity contribution < 1.29 is 4.74 Å². The Kier molecular flexibility index (Phi) is 5.78. The van der Waals surface area contributed by atoms with Crippen LogP contribution in [0.2, 0.25) is 0 Å². The van der Waals surface area contributed by atoms with Crippen LogP contribution in [0.25, 0.3) is 0 Å². The lowest BCUT2D eigenvalue weighted by Gasteiger charge is -2.26. The van der Waals surface area contributed by atoms with Crippen molar-refractivity contribution in [3.05, 3.63) is 72.7 Å². The molecule has 1 aromatic carbocycles. The quantitative estimate of drug-likeness (QED) is 0.411. The molecule has 0 aliphatic carbocycles. The predicted molar refractivity (Wildman–Crippen MR) is 77.0 cm³/mol. The Morgan fingerprint density at radius 3 is 2.50 bits per heavy atom. The van der Waals surface area contributed by atoms with Crippen LogP contribution >= 0.6 is 0 Å². The lowest BCUT2D eigenvalue weighted by Crippen LogP contribution is -2.24. The van der Waals surface area contributed by atoms with Gasteiger partial charge in [0.15, 0.2) is 0 Å². The minimum atomic E-state index is 0.676. The van der Waals surface area contributed by atoms with Crippen molar-refractivity contribution in [1.29, 1.82) is 0 Å². The zero-order valence-electron chi connectivity index (χ0n) is 11.2. The van der Waals surface area contributed by atoms with Crippen LogP contribution in [0.5, 0.6) is 0 Å². The number of hydrogen-bond acceptors (Lipinski definition) is 2. The second kappa shape index (κ2) is 7.38. The van der Waals surface area contributed by atoms with Gasteiger partial charge in [-0.1, -0.05) is 49.1 Å². The van der Waals surface area contributed by atoms with Gasteiger partial charge in [0.05, 0.1) is 12.8 Å². The summed E-state index contributed by atoms with van der Waals surface area (Å²) in [6, 6.07) is 10.3. The van der Waals surface area contributed by atoms with Crippen LogP contribution in [0.1, 0.15) is 12.5 Å². The summed E-state index contributed by atoms with van der Waals surface area (Å²) in [5.41, 5.74) is 2.25. The lowest BCUT2D eigenvalue weighted by atomic mass is 10.2.